The lowest BCUT2D eigenvalue weighted by Crippen LogP contribution is -1.90. The van der Waals surface area contributed by atoms with Gasteiger partial charge in [0.05, 0.1) is 18.3 Å². The number of aromatic nitrogens is 4. The van der Waals surface area contributed by atoms with Crippen LogP contribution in [0.2, 0.25) is 5.28 Å². The van der Waals surface area contributed by atoms with Crippen LogP contribution in [0.15, 0.2) is 30.6 Å². The van der Waals surface area contributed by atoms with Gasteiger partial charge < -0.3 is 0 Å². The van der Waals surface area contributed by atoms with Gasteiger partial charge in [0.15, 0.2) is 0 Å². The second kappa shape index (κ2) is 5.26. The van der Waals surface area contributed by atoms with Crippen LogP contribution in [0.5, 0.6) is 0 Å². The molecule has 3 rings (SSSR count). The van der Waals surface area contributed by atoms with E-state index in [4.69, 9.17) is 11.6 Å². The van der Waals surface area contributed by atoms with Crippen LogP contribution in [0.25, 0.3) is 22.2 Å². The third-order valence-electron chi connectivity index (χ3n) is 2.62. The van der Waals surface area contributed by atoms with Crippen molar-refractivity contribution < 1.29 is 4.39 Å². The first-order valence-corrected chi connectivity index (χ1v) is 9.66. The average Bonchev–Trinajstić information content (AvgIpc) is 2.82. The van der Waals surface area contributed by atoms with Crippen molar-refractivity contribution in [3.05, 3.63) is 41.7 Å². The molecule has 1 aromatic carbocycles. The van der Waals surface area contributed by atoms with E-state index in [1.807, 2.05) is 6.07 Å². The number of hydrogen-bond donors (Lipinski definition) is 0. The number of hydrogen-bond acceptors (Lipinski definition) is 3. The lowest BCUT2D eigenvalue weighted by atomic mass is 10.1. The van der Waals surface area contributed by atoms with Crippen LogP contribution >= 0.6 is 40.0 Å². The molecule has 0 saturated carbocycles. The highest BCUT2D eigenvalue weighted by molar-refractivity contribution is 14.2. The SMILES string of the molecule is Fc1cc(-c2ccnc(Cl)n2)cc2cnn(PI)c12. The Labute approximate surface area is 127 Å². The first-order valence-electron chi connectivity index (χ1n) is 5.22. The molecule has 1 atom stereocenters. The molecule has 2 aromatic heterocycles. The lowest BCUT2D eigenvalue weighted by Gasteiger charge is -2.04. The van der Waals surface area contributed by atoms with Crippen molar-refractivity contribution in [3.8, 4) is 11.3 Å². The largest absolute Gasteiger partial charge is 0.234 e. The van der Waals surface area contributed by atoms with Crippen molar-refractivity contribution in [2.24, 2.45) is 0 Å². The maximum absolute atomic E-state index is 14.2. The summed E-state index contributed by atoms with van der Waals surface area (Å²) in [4.78, 5) is 7.89. The quantitative estimate of drug-likeness (QED) is 0.366. The number of rotatable bonds is 2. The monoisotopic (exact) mass is 406 g/mol. The zero-order chi connectivity index (χ0) is 13.4. The number of nitrogens with zero attached hydrogens (tertiary/aromatic N) is 4. The second-order valence-electron chi connectivity index (χ2n) is 3.75. The molecule has 0 fully saturated rings. The molecule has 0 N–H and O–H groups in total. The molecular weight excluding hydrogens is 400 g/mol. The molecule has 0 radical (unpaired) electrons. The molecular formula is C11H6ClFIN4P. The highest BCUT2D eigenvalue weighted by Gasteiger charge is 2.11. The number of fused-ring (bicyclic) bond motifs is 1. The van der Waals surface area contributed by atoms with E-state index in [1.54, 1.807) is 22.9 Å². The van der Waals surface area contributed by atoms with Gasteiger partial charge in [-0.25, -0.2) is 18.8 Å². The molecule has 0 aliphatic heterocycles. The van der Waals surface area contributed by atoms with Gasteiger partial charge in [-0.1, -0.05) is 0 Å². The lowest BCUT2D eigenvalue weighted by molar-refractivity contribution is 0.635. The van der Waals surface area contributed by atoms with Crippen molar-refractivity contribution >= 4 is 50.9 Å². The maximum atomic E-state index is 14.2. The normalized spacial score (nSPS) is 11.7. The van der Waals surface area contributed by atoms with E-state index in [0.29, 0.717) is 23.1 Å². The van der Waals surface area contributed by atoms with Gasteiger partial charge in [-0.15, -0.1) is 0 Å². The molecule has 8 heteroatoms. The Morgan fingerprint density at radius 3 is 2.95 bits per heavy atom. The van der Waals surface area contributed by atoms with Crippen LogP contribution in [0.4, 0.5) is 4.39 Å². The van der Waals surface area contributed by atoms with Crippen LogP contribution < -0.4 is 0 Å². The topological polar surface area (TPSA) is 43.6 Å². The molecule has 0 amide bonds. The molecule has 0 spiro atoms. The van der Waals surface area contributed by atoms with Crippen LogP contribution in [-0.2, 0) is 0 Å². The minimum absolute atomic E-state index is 0.141. The summed E-state index contributed by atoms with van der Waals surface area (Å²) in [7, 11) is 0. The molecule has 0 aliphatic rings. The number of halogens is 3. The molecule has 0 bridgehead atoms. The summed E-state index contributed by atoms with van der Waals surface area (Å²) in [6.07, 6.45) is 3.55. The zero-order valence-corrected chi connectivity index (χ0v) is 13.2. The Kier molecular flexibility index (Phi) is 3.64. The van der Waals surface area contributed by atoms with Gasteiger partial charge in [0.1, 0.15) is 11.3 Å². The van der Waals surface area contributed by atoms with Gasteiger partial charge in [-0.3, -0.25) is 0 Å². The zero-order valence-electron chi connectivity index (χ0n) is 9.31. The predicted molar refractivity (Wildman–Crippen MR) is 83.5 cm³/mol. The highest BCUT2D eigenvalue weighted by atomic mass is 127. The van der Waals surface area contributed by atoms with Crippen molar-refractivity contribution in [3.63, 3.8) is 0 Å². The van der Waals surface area contributed by atoms with Gasteiger partial charge >= 0.3 is 0 Å². The Morgan fingerprint density at radius 2 is 2.21 bits per heavy atom. The van der Waals surface area contributed by atoms with Crippen LogP contribution in [0.3, 0.4) is 0 Å². The fourth-order valence-corrected chi connectivity index (χ4v) is 3.49. The third-order valence-corrected chi connectivity index (χ3v) is 4.67. The van der Waals surface area contributed by atoms with Gasteiger partial charge in [0, 0.05) is 17.1 Å². The Morgan fingerprint density at radius 1 is 1.37 bits per heavy atom. The van der Waals surface area contributed by atoms with E-state index < -0.39 is 0 Å². The van der Waals surface area contributed by atoms with Gasteiger partial charge in [0.2, 0.25) is 5.28 Å². The van der Waals surface area contributed by atoms with E-state index in [2.05, 4.69) is 37.1 Å². The summed E-state index contributed by atoms with van der Waals surface area (Å²) in [5.41, 5.74) is 1.76. The smallest absolute Gasteiger partial charge is 0.222 e. The highest BCUT2D eigenvalue weighted by Crippen LogP contribution is 2.32. The van der Waals surface area contributed by atoms with Gasteiger partial charge in [0.25, 0.3) is 0 Å². The minimum atomic E-state index is -0.316. The van der Waals surface area contributed by atoms with Crippen molar-refractivity contribution in [2.45, 2.75) is 0 Å². The summed E-state index contributed by atoms with van der Waals surface area (Å²) in [5.74, 6) is -0.316. The Balaban J connectivity index is 2.21. The van der Waals surface area contributed by atoms with Crippen molar-refractivity contribution in [1.29, 1.82) is 0 Å². The van der Waals surface area contributed by atoms with Crippen LogP contribution in [0, 0.1) is 5.82 Å². The number of benzene rings is 1. The Bertz CT molecular complexity index is 764. The molecule has 19 heavy (non-hydrogen) atoms. The molecule has 96 valence electrons. The van der Waals surface area contributed by atoms with Crippen molar-refractivity contribution in [1.82, 2.24) is 19.5 Å². The van der Waals surface area contributed by atoms with E-state index in [9.17, 15) is 4.39 Å². The maximum Gasteiger partial charge on any atom is 0.222 e. The summed E-state index contributed by atoms with van der Waals surface area (Å²) < 4.78 is 15.8. The summed E-state index contributed by atoms with van der Waals surface area (Å²) in [5, 5.41) is 5.04. The summed E-state index contributed by atoms with van der Waals surface area (Å²) >= 11 is 7.91. The van der Waals surface area contributed by atoms with Gasteiger partial charge in [-0.2, -0.15) is 5.10 Å². The summed E-state index contributed by atoms with van der Waals surface area (Å²) in [6.45, 7) is 0. The predicted octanol–water partition coefficient (Wildman–Crippen LogP) is 4.08. The molecule has 3 aromatic rings. The second-order valence-corrected chi connectivity index (χ2v) is 6.13. The van der Waals surface area contributed by atoms with E-state index in [-0.39, 0.29) is 11.1 Å². The first kappa shape index (κ1) is 13.1. The first-order chi connectivity index (χ1) is 9.19. The van der Waals surface area contributed by atoms with Gasteiger partial charge in [-0.05, 0) is 51.8 Å². The summed E-state index contributed by atoms with van der Waals surface area (Å²) in [6, 6.07) is 4.98. The molecule has 4 nitrogen and oxygen atoms in total. The molecule has 0 saturated heterocycles. The van der Waals surface area contributed by atoms with E-state index >= 15 is 0 Å². The minimum Gasteiger partial charge on any atom is -0.234 e. The fourth-order valence-electron chi connectivity index (χ4n) is 1.83. The van der Waals surface area contributed by atoms with E-state index in [1.165, 1.54) is 6.07 Å². The van der Waals surface area contributed by atoms with Crippen LogP contribution in [0.1, 0.15) is 0 Å². The average molecular weight is 407 g/mol. The third kappa shape index (κ3) is 2.44. The van der Waals surface area contributed by atoms with Crippen molar-refractivity contribution in [2.75, 3.05) is 0 Å². The molecule has 0 aliphatic carbocycles. The van der Waals surface area contributed by atoms with E-state index in [0.717, 1.165) is 5.39 Å². The molecule has 2 heterocycles. The molecule has 1 unspecified atom stereocenters. The Hall–Kier alpha value is -0.850. The fraction of sp³-hybridized carbons (Fsp3) is 0. The standard InChI is InChI=1S/C11H6ClFIN4P/c12-11-15-2-1-9(17-11)6-3-7-5-16-18(19-14)10(7)8(13)4-6/h1-5,19H. The van der Waals surface area contributed by atoms with Crippen LogP contribution in [-0.4, -0.2) is 19.5 Å².